The van der Waals surface area contributed by atoms with Crippen molar-refractivity contribution in [3.63, 3.8) is 0 Å². The van der Waals surface area contributed by atoms with E-state index in [0.717, 1.165) is 23.7 Å². The van der Waals surface area contributed by atoms with Crippen LogP contribution in [0.5, 0.6) is 17.4 Å². The van der Waals surface area contributed by atoms with Crippen molar-refractivity contribution < 1.29 is 18.6 Å². The SMILES string of the molecule is CC(C)NC(=N)c1c(O)nsc1Nc1ccc(Oc2ccc(F)cc2F)cc1. The summed E-state index contributed by atoms with van der Waals surface area (Å²) >= 11 is 1.03. The van der Waals surface area contributed by atoms with Crippen LogP contribution in [0.2, 0.25) is 0 Å². The van der Waals surface area contributed by atoms with Crippen LogP contribution in [-0.2, 0) is 0 Å². The van der Waals surface area contributed by atoms with Gasteiger partial charge in [-0.3, -0.25) is 5.41 Å². The van der Waals surface area contributed by atoms with Crippen molar-refractivity contribution in [3.8, 4) is 17.4 Å². The molecule has 0 radical (unpaired) electrons. The van der Waals surface area contributed by atoms with E-state index in [4.69, 9.17) is 10.1 Å². The summed E-state index contributed by atoms with van der Waals surface area (Å²) in [5, 5.41) is 24.6. The fourth-order valence-corrected chi connectivity index (χ4v) is 3.09. The van der Waals surface area contributed by atoms with Crippen LogP contribution in [0.1, 0.15) is 19.4 Å². The van der Waals surface area contributed by atoms with E-state index < -0.39 is 11.6 Å². The van der Waals surface area contributed by atoms with Crippen LogP contribution in [0.4, 0.5) is 19.5 Å². The molecule has 0 saturated heterocycles. The highest BCUT2D eigenvalue weighted by Crippen LogP contribution is 2.33. The second kappa shape index (κ2) is 8.22. The van der Waals surface area contributed by atoms with E-state index in [1.165, 1.54) is 6.07 Å². The van der Waals surface area contributed by atoms with Gasteiger partial charge in [0.1, 0.15) is 28.0 Å². The molecule has 146 valence electrons. The number of aromatic nitrogens is 1. The third-order valence-corrected chi connectivity index (χ3v) is 4.34. The molecular weight excluding hydrogens is 386 g/mol. The number of halogens is 2. The lowest BCUT2D eigenvalue weighted by molar-refractivity contribution is 0.438. The number of hydrogen-bond acceptors (Lipinski definition) is 6. The minimum Gasteiger partial charge on any atom is -0.492 e. The Labute approximate surface area is 164 Å². The molecule has 0 unspecified atom stereocenters. The van der Waals surface area contributed by atoms with Crippen molar-refractivity contribution in [2.45, 2.75) is 19.9 Å². The lowest BCUT2D eigenvalue weighted by Gasteiger charge is -2.13. The van der Waals surface area contributed by atoms with E-state index in [1.807, 2.05) is 13.8 Å². The van der Waals surface area contributed by atoms with Crippen LogP contribution in [-0.4, -0.2) is 21.4 Å². The molecule has 3 rings (SSSR count). The van der Waals surface area contributed by atoms with Gasteiger partial charge in [0.05, 0.1) is 0 Å². The van der Waals surface area contributed by atoms with Gasteiger partial charge in [-0.05, 0) is 61.8 Å². The van der Waals surface area contributed by atoms with Crippen LogP contribution in [0.3, 0.4) is 0 Å². The van der Waals surface area contributed by atoms with Crippen LogP contribution in [0, 0.1) is 17.0 Å². The number of benzene rings is 2. The molecule has 0 spiro atoms. The number of rotatable bonds is 6. The number of ether oxygens (including phenoxy) is 1. The molecular formula is C19H18F2N4O2S. The molecule has 0 aliphatic carbocycles. The third-order valence-electron chi connectivity index (χ3n) is 3.59. The summed E-state index contributed by atoms with van der Waals surface area (Å²) in [7, 11) is 0. The Bertz CT molecular complexity index is 990. The van der Waals surface area contributed by atoms with Crippen molar-refractivity contribution in [3.05, 3.63) is 59.7 Å². The number of aromatic hydroxyl groups is 1. The van der Waals surface area contributed by atoms with Crippen LogP contribution in [0.15, 0.2) is 42.5 Å². The van der Waals surface area contributed by atoms with E-state index in [1.54, 1.807) is 24.3 Å². The fraction of sp³-hybridized carbons (Fsp3) is 0.158. The standard InChI is InChI=1S/C19H18F2N4O2S/c1-10(2)23-17(22)16-18(26)25-28-19(16)24-12-4-6-13(7-5-12)27-15-8-3-11(20)9-14(15)21/h3-10,24H,1-2H3,(H2,22,23)(H,25,26). The lowest BCUT2D eigenvalue weighted by Crippen LogP contribution is -2.30. The van der Waals surface area contributed by atoms with E-state index in [0.29, 0.717) is 16.4 Å². The highest BCUT2D eigenvalue weighted by molar-refractivity contribution is 7.11. The number of amidine groups is 1. The molecule has 0 fully saturated rings. The van der Waals surface area contributed by atoms with Gasteiger partial charge in [0.25, 0.3) is 0 Å². The highest BCUT2D eigenvalue weighted by Gasteiger charge is 2.18. The van der Waals surface area contributed by atoms with Crippen LogP contribution >= 0.6 is 11.5 Å². The van der Waals surface area contributed by atoms with Gasteiger partial charge in [-0.1, -0.05) is 0 Å². The van der Waals surface area contributed by atoms with E-state index in [9.17, 15) is 13.9 Å². The molecule has 1 heterocycles. The quantitative estimate of drug-likeness (QED) is 0.343. The highest BCUT2D eigenvalue weighted by atomic mass is 32.1. The van der Waals surface area contributed by atoms with E-state index >= 15 is 0 Å². The molecule has 2 aromatic carbocycles. The molecule has 1 aromatic heterocycles. The van der Waals surface area contributed by atoms with Gasteiger partial charge in [-0.2, -0.15) is 4.37 Å². The molecule has 4 N–H and O–H groups in total. The van der Waals surface area contributed by atoms with Crippen LogP contribution in [0.25, 0.3) is 0 Å². The molecule has 3 aromatic rings. The molecule has 0 bridgehead atoms. The Morgan fingerprint density at radius 1 is 1.18 bits per heavy atom. The predicted octanol–water partition coefficient (Wildman–Crippen LogP) is 4.99. The van der Waals surface area contributed by atoms with Gasteiger partial charge < -0.3 is 20.5 Å². The van der Waals surface area contributed by atoms with Crippen LogP contribution < -0.4 is 15.4 Å². The molecule has 28 heavy (non-hydrogen) atoms. The van der Waals surface area contributed by atoms with Gasteiger partial charge in [0.15, 0.2) is 11.6 Å². The predicted molar refractivity (Wildman–Crippen MR) is 105 cm³/mol. The average Bonchev–Trinajstić information content (AvgIpc) is 2.99. The summed E-state index contributed by atoms with van der Waals surface area (Å²) in [5.74, 6) is -1.33. The zero-order valence-corrected chi connectivity index (χ0v) is 15.9. The number of nitrogens with zero attached hydrogens (tertiary/aromatic N) is 1. The van der Waals surface area contributed by atoms with Gasteiger partial charge in [0, 0.05) is 17.8 Å². The number of nitrogens with one attached hydrogen (secondary N) is 3. The van der Waals surface area contributed by atoms with E-state index in [2.05, 4.69) is 15.0 Å². The molecule has 0 aliphatic rings. The Kier molecular flexibility index (Phi) is 5.74. The molecule has 0 saturated carbocycles. The van der Waals surface area contributed by atoms with Gasteiger partial charge in [0.2, 0.25) is 5.88 Å². The van der Waals surface area contributed by atoms with Crippen molar-refractivity contribution in [2.24, 2.45) is 0 Å². The summed E-state index contributed by atoms with van der Waals surface area (Å²) < 4.78 is 35.9. The first-order valence-corrected chi connectivity index (χ1v) is 9.15. The van der Waals surface area contributed by atoms with Crippen molar-refractivity contribution in [1.29, 1.82) is 5.41 Å². The first-order valence-electron chi connectivity index (χ1n) is 8.37. The maximum absolute atomic E-state index is 13.7. The Hall–Kier alpha value is -3.20. The normalized spacial score (nSPS) is 10.8. The maximum Gasteiger partial charge on any atom is 0.236 e. The first-order chi connectivity index (χ1) is 13.3. The molecule has 0 amide bonds. The first kappa shape index (κ1) is 19.6. The van der Waals surface area contributed by atoms with Gasteiger partial charge >= 0.3 is 0 Å². The van der Waals surface area contributed by atoms with Crippen molar-refractivity contribution in [1.82, 2.24) is 9.69 Å². The second-order valence-corrected chi connectivity index (χ2v) is 6.98. The number of anilines is 2. The third kappa shape index (κ3) is 4.55. The molecule has 6 nitrogen and oxygen atoms in total. The fourth-order valence-electron chi connectivity index (χ4n) is 2.38. The minimum absolute atomic E-state index is 0.0305. The van der Waals surface area contributed by atoms with Gasteiger partial charge in [-0.25, -0.2) is 8.78 Å². The zero-order valence-electron chi connectivity index (χ0n) is 15.1. The Morgan fingerprint density at radius 3 is 2.54 bits per heavy atom. The maximum atomic E-state index is 13.7. The molecule has 9 heteroatoms. The molecule has 0 atom stereocenters. The van der Waals surface area contributed by atoms with Crippen molar-refractivity contribution in [2.75, 3.05) is 5.32 Å². The van der Waals surface area contributed by atoms with Crippen molar-refractivity contribution >= 4 is 28.1 Å². The summed E-state index contributed by atoms with van der Waals surface area (Å²) in [6.07, 6.45) is 0. The monoisotopic (exact) mass is 404 g/mol. The average molecular weight is 404 g/mol. The second-order valence-electron chi connectivity index (χ2n) is 6.21. The molecule has 0 aliphatic heterocycles. The summed E-state index contributed by atoms with van der Waals surface area (Å²) in [6.45, 7) is 3.78. The van der Waals surface area contributed by atoms with Gasteiger partial charge in [-0.15, -0.1) is 0 Å². The Balaban J connectivity index is 1.74. The summed E-state index contributed by atoms with van der Waals surface area (Å²) in [5.41, 5.74) is 0.946. The lowest BCUT2D eigenvalue weighted by atomic mass is 10.2. The number of hydrogen-bond donors (Lipinski definition) is 4. The minimum atomic E-state index is -0.789. The summed E-state index contributed by atoms with van der Waals surface area (Å²) in [6, 6.07) is 9.73. The van der Waals surface area contributed by atoms with E-state index in [-0.39, 0.29) is 29.1 Å². The largest absolute Gasteiger partial charge is 0.492 e. The summed E-state index contributed by atoms with van der Waals surface area (Å²) in [4.78, 5) is 0. The Morgan fingerprint density at radius 2 is 1.89 bits per heavy atom. The zero-order chi connectivity index (χ0) is 20.3. The smallest absolute Gasteiger partial charge is 0.236 e. The topological polar surface area (TPSA) is 90.3 Å².